The highest BCUT2D eigenvalue weighted by molar-refractivity contribution is 8.18. The molecule has 4 rings (SSSR count). The summed E-state index contributed by atoms with van der Waals surface area (Å²) in [5.74, 6) is -0.000185. The van der Waals surface area contributed by atoms with Crippen LogP contribution in [0.15, 0.2) is 58.7 Å². The number of hydrogen-bond acceptors (Lipinski definition) is 4. The number of aromatic nitrogens is 1. The van der Waals surface area contributed by atoms with E-state index in [1.54, 1.807) is 4.90 Å². The van der Waals surface area contributed by atoms with Crippen molar-refractivity contribution in [2.45, 2.75) is 45.1 Å². The van der Waals surface area contributed by atoms with E-state index in [9.17, 15) is 4.79 Å². The lowest BCUT2D eigenvalue weighted by Crippen LogP contribution is -2.32. The molecule has 0 N–H and O–H groups in total. The smallest absolute Gasteiger partial charge is 0.266 e. The number of carbonyl (C=O) groups excluding carboxylic acids is 1. The zero-order valence-electron chi connectivity index (χ0n) is 17.5. The van der Waals surface area contributed by atoms with Crippen molar-refractivity contribution in [3.05, 3.63) is 59.3 Å². The first-order valence-corrected chi connectivity index (χ1v) is 11.7. The van der Waals surface area contributed by atoms with Gasteiger partial charge in [-0.3, -0.25) is 9.69 Å². The Hall–Kier alpha value is -2.31. The number of ether oxygens (including phenoxy) is 1. The van der Waals surface area contributed by atoms with Crippen molar-refractivity contribution in [1.82, 2.24) is 9.47 Å². The van der Waals surface area contributed by atoms with Gasteiger partial charge >= 0.3 is 0 Å². The van der Waals surface area contributed by atoms with E-state index in [1.165, 1.54) is 43.9 Å². The third-order valence-corrected chi connectivity index (χ3v) is 6.57. The van der Waals surface area contributed by atoms with Crippen LogP contribution in [-0.2, 0) is 9.53 Å². The zero-order valence-corrected chi connectivity index (χ0v) is 18.3. The summed E-state index contributed by atoms with van der Waals surface area (Å²) in [5.41, 5.74) is 1.92. The summed E-state index contributed by atoms with van der Waals surface area (Å²) in [7, 11) is 0. The molecule has 158 valence electrons. The Kier molecular flexibility index (Phi) is 7.07. The van der Waals surface area contributed by atoms with Gasteiger partial charge in [-0.15, -0.1) is 0 Å². The lowest BCUT2D eigenvalue weighted by molar-refractivity contribution is -0.122. The molecule has 1 aliphatic carbocycles. The standard InChI is InChI=1S/C24H29N3O2S/c1-2-29-16-15-27-23(28)22(30-24(27)25-20-9-5-3-6-10-20)17-19-13-14-26(18-19)21-11-7-4-8-12-21/h3,5-6,9-10,13-14,17-18,21H,2,4,7-8,11-12,15-16H2,1H3/b22-17+,25-24?. The first kappa shape index (κ1) is 20.9. The third-order valence-electron chi connectivity index (χ3n) is 5.56. The number of thioether (sulfide) groups is 1. The van der Waals surface area contributed by atoms with E-state index >= 15 is 0 Å². The monoisotopic (exact) mass is 423 g/mol. The molecule has 1 aromatic heterocycles. The number of rotatable bonds is 7. The molecule has 0 unspecified atom stereocenters. The van der Waals surface area contributed by atoms with Gasteiger partial charge in [0.1, 0.15) is 0 Å². The van der Waals surface area contributed by atoms with Crippen LogP contribution in [0.5, 0.6) is 0 Å². The molecular weight excluding hydrogens is 394 g/mol. The van der Waals surface area contributed by atoms with E-state index in [-0.39, 0.29) is 5.91 Å². The second-order valence-corrected chi connectivity index (χ2v) is 8.69. The topological polar surface area (TPSA) is 46.8 Å². The largest absolute Gasteiger partial charge is 0.380 e. The predicted octanol–water partition coefficient (Wildman–Crippen LogP) is 5.63. The summed E-state index contributed by atoms with van der Waals surface area (Å²) in [5, 5.41) is 0.712. The number of para-hydroxylation sites is 1. The normalized spacial score (nSPS) is 20.6. The zero-order chi connectivity index (χ0) is 20.8. The minimum atomic E-state index is -0.000185. The average molecular weight is 424 g/mol. The Morgan fingerprint density at radius 1 is 1.17 bits per heavy atom. The summed E-state index contributed by atoms with van der Waals surface area (Å²) in [6.45, 7) is 3.60. The van der Waals surface area contributed by atoms with E-state index in [0.29, 0.717) is 35.9 Å². The number of amides is 1. The lowest BCUT2D eigenvalue weighted by atomic mass is 9.95. The minimum absolute atomic E-state index is 0.000185. The van der Waals surface area contributed by atoms with Gasteiger partial charge in [0.25, 0.3) is 5.91 Å². The number of benzene rings is 1. The van der Waals surface area contributed by atoms with Crippen LogP contribution in [0.2, 0.25) is 0 Å². The number of aliphatic imine (C=N–C) groups is 1. The highest BCUT2D eigenvalue weighted by Gasteiger charge is 2.33. The Balaban J connectivity index is 1.55. The van der Waals surface area contributed by atoms with Gasteiger partial charge in [-0.25, -0.2) is 4.99 Å². The van der Waals surface area contributed by atoms with E-state index in [2.05, 4.69) is 23.0 Å². The van der Waals surface area contributed by atoms with Crippen molar-refractivity contribution in [2.24, 2.45) is 4.99 Å². The van der Waals surface area contributed by atoms with Gasteiger partial charge in [-0.05, 0) is 61.4 Å². The van der Waals surface area contributed by atoms with E-state index in [0.717, 1.165) is 11.3 Å². The van der Waals surface area contributed by atoms with Crippen LogP contribution in [0.1, 0.15) is 50.6 Å². The first-order valence-electron chi connectivity index (χ1n) is 10.8. The van der Waals surface area contributed by atoms with Gasteiger partial charge in [-0.1, -0.05) is 37.5 Å². The molecule has 0 bridgehead atoms. The van der Waals surface area contributed by atoms with Gasteiger partial charge in [-0.2, -0.15) is 0 Å². The fourth-order valence-corrected chi connectivity index (χ4v) is 5.00. The SMILES string of the molecule is CCOCCN1C(=O)/C(=C\c2ccn(C3CCCCC3)c2)SC1=Nc1ccccc1. The molecule has 1 saturated heterocycles. The van der Waals surface area contributed by atoms with Crippen molar-refractivity contribution in [2.75, 3.05) is 19.8 Å². The molecule has 0 radical (unpaired) electrons. The lowest BCUT2D eigenvalue weighted by Gasteiger charge is -2.23. The van der Waals surface area contributed by atoms with Gasteiger partial charge < -0.3 is 9.30 Å². The molecule has 2 heterocycles. The molecule has 1 aliphatic heterocycles. The number of hydrogen-bond donors (Lipinski definition) is 0. The number of carbonyl (C=O) groups is 1. The fourth-order valence-electron chi connectivity index (χ4n) is 3.98. The van der Waals surface area contributed by atoms with Crippen LogP contribution in [0.3, 0.4) is 0 Å². The summed E-state index contributed by atoms with van der Waals surface area (Å²) < 4.78 is 7.81. The van der Waals surface area contributed by atoms with Crippen molar-refractivity contribution >= 4 is 34.6 Å². The molecule has 0 atom stereocenters. The molecule has 30 heavy (non-hydrogen) atoms. The van der Waals surface area contributed by atoms with Crippen LogP contribution in [0.25, 0.3) is 6.08 Å². The first-order chi connectivity index (χ1) is 14.7. The van der Waals surface area contributed by atoms with Crippen LogP contribution < -0.4 is 0 Å². The van der Waals surface area contributed by atoms with Crippen LogP contribution in [-0.4, -0.2) is 40.3 Å². The second kappa shape index (κ2) is 10.1. The average Bonchev–Trinajstić information content (AvgIpc) is 3.36. The molecule has 2 aromatic rings. The van der Waals surface area contributed by atoms with E-state index in [4.69, 9.17) is 9.73 Å². The van der Waals surface area contributed by atoms with Crippen molar-refractivity contribution in [1.29, 1.82) is 0 Å². The Morgan fingerprint density at radius 3 is 2.73 bits per heavy atom. The molecule has 5 nitrogen and oxygen atoms in total. The number of nitrogens with zero attached hydrogens (tertiary/aromatic N) is 3. The van der Waals surface area contributed by atoms with Crippen LogP contribution in [0, 0.1) is 0 Å². The Labute approximate surface area is 182 Å². The highest BCUT2D eigenvalue weighted by Crippen LogP contribution is 2.35. The van der Waals surface area contributed by atoms with Gasteiger partial charge in [0, 0.05) is 25.0 Å². The molecular formula is C24H29N3O2S. The van der Waals surface area contributed by atoms with Gasteiger partial charge in [0.05, 0.1) is 23.7 Å². The maximum absolute atomic E-state index is 13.1. The van der Waals surface area contributed by atoms with Crippen LogP contribution >= 0.6 is 11.8 Å². The molecule has 6 heteroatoms. The van der Waals surface area contributed by atoms with E-state index < -0.39 is 0 Å². The van der Waals surface area contributed by atoms with Gasteiger partial charge in [0.15, 0.2) is 5.17 Å². The Bertz CT molecular complexity index is 914. The molecule has 0 spiro atoms. The quantitative estimate of drug-likeness (QED) is 0.428. The maximum Gasteiger partial charge on any atom is 0.266 e. The van der Waals surface area contributed by atoms with Crippen molar-refractivity contribution < 1.29 is 9.53 Å². The summed E-state index contributed by atoms with van der Waals surface area (Å²) >= 11 is 1.44. The highest BCUT2D eigenvalue weighted by atomic mass is 32.2. The van der Waals surface area contributed by atoms with Crippen molar-refractivity contribution in [3.8, 4) is 0 Å². The molecule has 1 saturated carbocycles. The Morgan fingerprint density at radius 2 is 1.97 bits per heavy atom. The summed E-state index contributed by atoms with van der Waals surface area (Å²) in [6, 6.07) is 12.5. The summed E-state index contributed by atoms with van der Waals surface area (Å²) in [4.78, 5) is 20.3. The third kappa shape index (κ3) is 5.05. The summed E-state index contributed by atoms with van der Waals surface area (Å²) in [6.07, 6.45) is 12.8. The maximum atomic E-state index is 13.1. The molecule has 2 aliphatic rings. The predicted molar refractivity (Wildman–Crippen MR) is 124 cm³/mol. The molecule has 1 amide bonds. The molecule has 2 fully saturated rings. The van der Waals surface area contributed by atoms with E-state index in [1.807, 2.05) is 43.3 Å². The van der Waals surface area contributed by atoms with Crippen LogP contribution in [0.4, 0.5) is 5.69 Å². The fraction of sp³-hybridized carbons (Fsp3) is 0.417. The van der Waals surface area contributed by atoms with Crippen molar-refractivity contribution in [3.63, 3.8) is 0 Å². The minimum Gasteiger partial charge on any atom is -0.380 e. The second-order valence-electron chi connectivity index (χ2n) is 7.68. The van der Waals surface area contributed by atoms with Gasteiger partial charge in [0.2, 0.25) is 0 Å². The molecule has 1 aromatic carbocycles. The number of amidine groups is 1.